The van der Waals surface area contributed by atoms with Gasteiger partial charge in [-0.05, 0) is 80.9 Å². The molecule has 0 radical (unpaired) electrons. The Morgan fingerprint density at radius 2 is 1.44 bits per heavy atom. The lowest BCUT2D eigenvalue weighted by atomic mass is 9.94. The number of hydrogen-bond donors (Lipinski definition) is 1. The van der Waals surface area contributed by atoms with Crippen LogP contribution in [-0.2, 0) is 30.2 Å². The Morgan fingerprint density at radius 1 is 0.889 bits per heavy atom. The molecule has 1 heterocycles. The van der Waals surface area contributed by atoms with Gasteiger partial charge in [-0.3, -0.25) is 9.78 Å². The van der Waals surface area contributed by atoms with Crippen LogP contribution in [0, 0.1) is 5.92 Å². The van der Waals surface area contributed by atoms with E-state index in [-0.39, 0.29) is 19.4 Å². The minimum Gasteiger partial charge on any atom is -0.489 e. The van der Waals surface area contributed by atoms with Gasteiger partial charge in [0.1, 0.15) is 41.9 Å². The average molecular weight is 513 g/mol. The smallest absolute Gasteiger partial charge is 0.408 e. The van der Waals surface area contributed by atoms with Crippen LogP contribution in [0.2, 0.25) is 0 Å². The Bertz CT molecular complexity index is 868. The lowest BCUT2D eigenvalue weighted by Gasteiger charge is -2.29. The highest BCUT2D eigenvalue weighted by Crippen LogP contribution is 2.22. The molecule has 0 aliphatic rings. The minimum absolute atomic E-state index is 0.0878. The molecule has 1 aromatic heterocycles. The Labute approximate surface area is 213 Å². The summed E-state index contributed by atoms with van der Waals surface area (Å²) >= 11 is 0. The highest BCUT2D eigenvalue weighted by atomic mass is 19.1. The van der Waals surface area contributed by atoms with E-state index in [2.05, 4.69) is 10.3 Å². The molecule has 10 heteroatoms. The first-order valence-electron chi connectivity index (χ1n) is 12.0. The maximum atomic E-state index is 13.1. The molecule has 1 amide bonds. The van der Waals surface area contributed by atoms with Gasteiger partial charge in [-0.2, -0.15) is 0 Å². The fourth-order valence-corrected chi connectivity index (χ4v) is 3.00. The van der Waals surface area contributed by atoms with Gasteiger partial charge in [0.05, 0.1) is 12.1 Å². The molecule has 9 nitrogen and oxygen atoms in total. The molecular formula is C26H41FN2O7. The Kier molecular flexibility index (Phi) is 11.1. The molecule has 0 fully saturated rings. The van der Waals surface area contributed by atoms with Gasteiger partial charge in [0.25, 0.3) is 0 Å². The Balaban J connectivity index is 3.21. The first-order valence-corrected chi connectivity index (χ1v) is 12.0. The SMILES string of the molecule is CC(C)(C)OC(=O)NC(CC(Cc1ccc(OCCF)cn1)C(=O)OC(C)(C)C)C(=O)OC(C)(C)C. The van der Waals surface area contributed by atoms with Crippen molar-refractivity contribution >= 4 is 18.0 Å². The van der Waals surface area contributed by atoms with E-state index < -0.39 is 53.5 Å². The third kappa shape index (κ3) is 13.3. The summed E-state index contributed by atoms with van der Waals surface area (Å²) in [7, 11) is 0. The number of ether oxygens (including phenoxy) is 4. The van der Waals surface area contributed by atoms with Crippen molar-refractivity contribution in [2.24, 2.45) is 5.92 Å². The van der Waals surface area contributed by atoms with Gasteiger partial charge >= 0.3 is 18.0 Å². The molecule has 36 heavy (non-hydrogen) atoms. The number of hydrogen-bond acceptors (Lipinski definition) is 8. The summed E-state index contributed by atoms with van der Waals surface area (Å²) < 4.78 is 33.9. The van der Waals surface area contributed by atoms with Gasteiger partial charge in [0.2, 0.25) is 0 Å². The molecule has 0 saturated carbocycles. The number of carbonyl (C=O) groups is 3. The van der Waals surface area contributed by atoms with E-state index >= 15 is 0 Å². The second-order valence-electron chi connectivity index (χ2n) is 11.4. The second kappa shape index (κ2) is 12.9. The van der Waals surface area contributed by atoms with Crippen LogP contribution in [0.1, 0.15) is 74.4 Å². The molecule has 2 atom stereocenters. The summed E-state index contributed by atoms with van der Waals surface area (Å²) in [6.07, 6.45) is 0.633. The fourth-order valence-electron chi connectivity index (χ4n) is 3.00. The number of amides is 1. The number of rotatable bonds is 10. The quantitative estimate of drug-likeness (QED) is 0.359. The normalized spacial score (nSPS) is 13.8. The molecule has 1 N–H and O–H groups in total. The first kappa shape index (κ1) is 31.1. The van der Waals surface area contributed by atoms with E-state index in [0.717, 1.165) is 0 Å². The van der Waals surface area contributed by atoms with Gasteiger partial charge in [0, 0.05) is 12.1 Å². The number of nitrogens with one attached hydrogen (secondary N) is 1. The number of carbonyl (C=O) groups excluding carboxylic acids is 3. The van der Waals surface area contributed by atoms with Gasteiger partial charge in [-0.25, -0.2) is 14.0 Å². The predicted octanol–water partition coefficient (Wildman–Crippen LogP) is 4.56. The van der Waals surface area contributed by atoms with E-state index in [1.165, 1.54) is 6.20 Å². The minimum atomic E-state index is -1.18. The van der Waals surface area contributed by atoms with E-state index in [4.69, 9.17) is 18.9 Å². The average Bonchev–Trinajstić information content (AvgIpc) is 2.68. The molecule has 0 spiro atoms. The van der Waals surface area contributed by atoms with Crippen LogP contribution < -0.4 is 10.1 Å². The maximum absolute atomic E-state index is 13.1. The molecule has 0 saturated heterocycles. The van der Waals surface area contributed by atoms with E-state index in [1.54, 1.807) is 74.4 Å². The van der Waals surface area contributed by atoms with Crippen molar-refractivity contribution in [2.75, 3.05) is 13.3 Å². The van der Waals surface area contributed by atoms with Crippen molar-refractivity contribution in [2.45, 2.75) is 98.0 Å². The zero-order chi connectivity index (χ0) is 27.7. The summed E-state index contributed by atoms with van der Waals surface area (Å²) in [4.78, 5) is 42.9. The second-order valence-corrected chi connectivity index (χ2v) is 11.4. The first-order chi connectivity index (χ1) is 16.4. The third-order valence-electron chi connectivity index (χ3n) is 4.24. The molecule has 204 valence electrons. The van der Waals surface area contributed by atoms with Crippen molar-refractivity contribution in [1.29, 1.82) is 0 Å². The molecule has 0 aliphatic heterocycles. The van der Waals surface area contributed by atoms with E-state index in [0.29, 0.717) is 11.4 Å². The fraction of sp³-hybridized carbons (Fsp3) is 0.692. The van der Waals surface area contributed by atoms with Crippen molar-refractivity contribution in [3.8, 4) is 5.75 Å². The third-order valence-corrected chi connectivity index (χ3v) is 4.24. The van der Waals surface area contributed by atoms with Crippen molar-refractivity contribution in [1.82, 2.24) is 10.3 Å². The predicted molar refractivity (Wildman–Crippen MR) is 132 cm³/mol. The van der Waals surface area contributed by atoms with E-state index in [1.807, 2.05) is 0 Å². The van der Waals surface area contributed by atoms with Crippen LogP contribution in [0.25, 0.3) is 0 Å². The van der Waals surface area contributed by atoms with Crippen LogP contribution in [0.3, 0.4) is 0 Å². The molecule has 0 bridgehead atoms. The summed E-state index contributed by atoms with van der Waals surface area (Å²) in [5.41, 5.74) is -1.85. The number of pyridine rings is 1. The number of alkyl halides is 1. The number of nitrogens with zero attached hydrogens (tertiary/aromatic N) is 1. The molecule has 1 aromatic rings. The maximum Gasteiger partial charge on any atom is 0.408 e. The standard InChI is InChI=1S/C26H41FN2O7/c1-24(2,3)34-21(30)17(14-18-10-11-19(16-28-18)33-13-12-27)15-20(22(31)35-25(4,5)6)29-23(32)36-26(7,8)9/h10-11,16-17,20H,12-15H2,1-9H3,(H,29,32). The van der Waals surface area contributed by atoms with Crippen molar-refractivity contribution in [3.05, 3.63) is 24.0 Å². The topological polar surface area (TPSA) is 113 Å². The van der Waals surface area contributed by atoms with Crippen LogP contribution in [0.15, 0.2) is 18.3 Å². The van der Waals surface area contributed by atoms with Crippen LogP contribution in [-0.4, -0.2) is 59.1 Å². The van der Waals surface area contributed by atoms with E-state index in [9.17, 15) is 18.8 Å². The Hall–Kier alpha value is -2.91. The number of alkyl carbamates (subject to hydrolysis) is 1. The molecule has 2 unspecified atom stereocenters. The monoisotopic (exact) mass is 512 g/mol. The number of esters is 2. The van der Waals surface area contributed by atoms with Crippen LogP contribution in [0.5, 0.6) is 5.75 Å². The largest absolute Gasteiger partial charge is 0.489 e. The summed E-state index contributed by atoms with van der Waals surface area (Å²) in [6.45, 7) is 14.7. The van der Waals surface area contributed by atoms with Gasteiger partial charge in [-0.1, -0.05) is 0 Å². The van der Waals surface area contributed by atoms with Crippen LogP contribution >= 0.6 is 0 Å². The van der Waals surface area contributed by atoms with Crippen molar-refractivity contribution in [3.63, 3.8) is 0 Å². The lowest BCUT2D eigenvalue weighted by molar-refractivity contribution is -0.162. The zero-order valence-corrected chi connectivity index (χ0v) is 22.9. The molecule has 0 aliphatic carbocycles. The summed E-state index contributed by atoms with van der Waals surface area (Å²) in [5.74, 6) is -1.71. The van der Waals surface area contributed by atoms with Crippen LogP contribution in [0.4, 0.5) is 9.18 Å². The highest BCUT2D eigenvalue weighted by Gasteiger charge is 2.35. The van der Waals surface area contributed by atoms with Gasteiger partial charge in [-0.15, -0.1) is 0 Å². The zero-order valence-electron chi connectivity index (χ0n) is 22.9. The van der Waals surface area contributed by atoms with Gasteiger partial charge < -0.3 is 24.3 Å². The summed E-state index contributed by atoms with van der Waals surface area (Å²) in [5, 5.41) is 2.54. The molecular weight excluding hydrogens is 471 g/mol. The molecule has 0 aromatic carbocycles. The summed E-state index contributed by atoms with van der Waals surface area (Å²) in [6, 6.07) is 2.09. The van der Waals surface area contributed by atoms with Crippen molar-refractivity contribution < 1.29 is 37.7 Å². The molecule has 1 rings (SSSR count). The number of aromatic nitrogens is 1. The Morgan fingerprint density at radius 3 is 1.92 bits per heavy atom. The lowest BCUT2D eigenvalue weighted by Crippen LogP contribution is -2.48. The highest BCUT2D eigenvalue weighted by molar-refractivity contribution is 5.83. The number of halogens is 1. The van der Waals surface area contributed by atoms with Gasteiger partial charge in [0.15, 0.2) is 0 Å².